The zero-order valence-corrected chi connectivity index (χ0v) is 12.1. The number of aromatic nitrogens is 2. The molecule has 3 rings (SSSR count). The number of imidazole rings is 1. The normalized spacial score (nSPS) is 14.6. The minimum atomic E-state index is -4.39. The van der Waals surface area contributed by atoms with Gasteiger partial charge >= 0.3 is 6.18 Å². The van der Waals surface area contributed by atoms with E-state index in [4.69, 9.17) is 0 Å². The zero-order chi connectivity index (χ0) is 14.3. The van der Waals surface area contributed by atoms with E-state index in [0.717, 1.165) is 41.1 Å². The lowest BCUT2D eigenvalue weighted by molar-refractivity contribution is -0.140. The first-order chi connectivity index (χ1) is 9.49. The first-order valence-electron chi connectivity index (χ1n) is 6.31. The lowest BCUT2D eigenvalue weighted by Gasteiger charge is -2.07. The highest BCUT2D eigenvalue weighted by atomic mass is 79.9. The average Bonchev–Trinajstić information content (AvgIpc) is 2.76. The minimum absolute atomic E-state index is 0.422. The van der Waals surface area contributed by atoms with Crippen LogP contribution in [0.2, 0.25) is 0 Å². The molecule has 0 saturated carbocycles. The average molecular weight is 345 g/mol. The fourth-order valence-electron chi connectivity index (χ4n) is 2.53. The summed E-state index contributed by atoms with van der Waals surface area (Å²) in [6, 6.07) is 5.84. The Labute approximate surface area is 122 Å². The van der Waals surface area contributed by atoms with Crippen LogP contribution in [0, 0.1) is 0 Å². The van der Waals surface area contributed by atoms with Gasteiger partial charge in [0.2, 0.25) is 0 Å². The molecule has 2 nitrogen and oxygen atoms in total. The van der Waals surface area contributed by atoms with Crippen LogP contribution in [0.3, 0.4) is 0 Å². The third-order valence-electron chi connectivity index (χ3n) is 3.48. The number of fused-ring (bicyclic) bond motifs is 3. The molecule has 0 fully saturated rings. The van der Waals surface area contributed by atoms with Crippen molar-refractivity contribution in [3.63, 3.8) is 0 Å². The molecule has 1 aliphatic rings. The summed E-state index contributed by atoms with van der Waals surface area (Å²) >= 11 is 3.40. The Morgan fingerprint density at radius 2 is 2.10 bits per heavy atom. The minimum Gasteiger partial charge on any atom is -0.330 e. The van der Waals surface area contributed by atoms with E-state index in [2.05, 4.69) is 20.9 Å². The number of aryl methyl sites for hydroxylation is 2. The Bertz CT molecular complexity index is 646. The summed E-state index contributed by atoms with van der Waals surface area (Å²) in [5.41, 5.74) is 2.19. The van der Waals surface area contributed by atoms with Gasteiger partial charge in [-0.1, -0.05) is 34.1 Å². The van der Waals surface area contributed by atoms with Crippen molar-refractivity contribution in [2.45, 2.75) is 30.9 Å². The summed E-state index contributed by atoms with van der Waals surface area (Å²) in [5.74, 6) is 0.422. The molecule has 0 radical (unpaired) electrons. The molecule has 0 aliphatic carbocycles. The van der Waals surface area contributed by atoms with E-state index in [9.17, 15) is 13.2 Å². The molecule has 0 saturated heterocycles. The molecule has 1 aromatic heterocycles. The third kappa shape index (κ3) is 2.37. The topological polar surface area (TPSA) is 17.8 Å². The molecule has 0 N–H and O–H groups in total. The van der Waals surface area contributed by atoms with Gasteiger partial charge < -0.3 is 4.57 Å². The van der Waals surface area contributed by atoms with E-state index in [1.807, 2.05) is 18.2 Å². The fourth-order valence-corrected chi connectivity index (χ4v) is 2.88. The van der Waals surface area contributed by atoms with Crippen molar-refractivity contribution in [1.29, 1.82) is 0 Å². The van der Waals surface area contributed by atoms with Crippen molar-refractivity contribution in [2.75, 3.05) is 0 Å². The predicted molar refractivity (Wildman–Crippen MR) is 73.6 cm³/mol. The van der Waals surface area contributed by atoms with Gasteiger partial charge in [0, 0.05) is 23.6 Å². The summed E-state index contributed by atoms with van der Waals surface area (Å²) in [6.07, 6.45) is -1.60. The highest BCUT2D eigenvalue weighted by Crippen LogP contribution is 2.34. The lowest BCUT2D eigenvalue weighted by Crippen LogP contribution is -2.05. The van der Waals surface area contributed by atoms with E-state index >= 15 is 0 Å². The molecule has 0 unspecified atom stereocenters. The molecule has 1 aromatic carbocycles. The summed E-state index contributed by atoms with van der Waals surface area (Å²) in [4.78, 5) is 3.81. The van der Waals surface area contributed by atoms with E-state index < -0.39 is 11.9 Å². The SMILES string of the molecule is FC(F)(F)c1cn2c(n1)-c1ccc(CBr)cc1CCC2. The van der Waals surface area contributed by atoms with Gasteiger partial charge in [0.15, 0.2) is 5.69 Å². The molecular formula is C14H12BrF3N2. The van der Waals surface area contributed by atoms with Crippen LogP contribution in [-0.4, -0.2) is 9.55 Å². The first-order valence-corrected chi connectivity index (χ1v) is 7.43. The summed E-state index contributed by atoms with van der Waals surface area (Å²) < 4.78 is 40.0. The van der Waals surface area contributed by atoms with Gasteiger partial charge in [0.05, 0.1) is 0 Å². The Morgan fingerprint density at radius 3 is 2.80 bits per heavy atom. The van der Waals surface area contributed by atoms with Crippen molar-refractivity contribution < 1.29 is 13.2 Å². The maximum absolute atomic E-state index is 12.8. The van der Waals surface area contributed by atoms with Gasteiger partial charge in [-0.15, -0.1) is 0 Å². The van der Waals surface area contributed by atoms with Gasteiger partial charge in [-0.3, -0.25) is 0 Å². The number of rotatable bonds is 1. The van der Waals surface area contributed by atoms with E-state index in [0.29, 0.717) is 12.4 Å². The smallest absolute Gasteiger partial charge is 0.330 e. The molecule has 2 aromatic rings. The monoisotopic (exact) mass is 344 g/mol. The third-order valence-corrected chi connectivity index (χ3v) is 4.12. The van der Waals surface area contributed by atoms with Crippen molar-refractivity contribution in [2.24, 2.45) is 0 Å². The molecule has 0 atom stereocenters. The predicted octanol–water partition coefficient (Wildman–Crippen LogP) is 4.41. The standard InChI is InChI=1S/C14H12BrF3N2/c15-7-9-3-4-11-10(6-9)2-1-5-20-8-12(14(16,17)18)19-13(11)20/h3-4,6,8H,1-2,5,7H2. The van der Waals surface area contributed by atoms with Crippen LogP contribution < -0.4 is 0 Å². The Morgan fingerprint density at radius 1 is 1.30 bits per heavy atom. The number of alkyl halides is 4. The second-order valence-corrected chi connectivity index (χ2v) is 5.43. The molecule has 2 heterocycles. The quantitative estimate of drug-likeness (QED) is 0.700. The van der Waals surface area contributed by atoms with Gasteiger partial charge in [-0.2, -0.15) is 13.2 Å². The first kappa shape index (κ1) is 13.7. The Hall–Kier alpha value is -1.30. The van der Waals surface area contributed by atoms with Gasteiger partial charge in [0.25, 0.3) is 0 Å². The Balaban J connectivity index is 2.14. The second kappa shape index (κ2) is 4.91. The molecule has 20 heavy (non-hydrogen) atoms. The van der Waals surface area contributed by atoms with Crippen molar-refractivity contribution in [3.05, 3.63) is 41.2 Å². The molecular weight excluding hydrogens is 333 g/mol. The molecule has 1 aliphatic heterocycles. The Kier molecular flexibility index (Phi) is 3.36. The number of hydrogen-bond acceptors (Lipinski definition) is 1. The lowest BCUT2D eigenvalue weighted by atomic mass is 10.0. The van der Waals surface area contributed by atoms with Crippen LogP contribution in [0.15, 0.2) is 24.4 Å². The molecule has 6 heteroatoms. The molecule has 106 valence electrons. The van der Waals surface area contributed by atoms with E-state index in [1.54, 1.807) is 4.57 Å². The maximum atomic E-state index is 12.8. The van der Waals surface area contributed by atoms with Crippen molar-refractivity contribution in [1.82, 2.24) is 9.55 Å². The molecule has 0 bridgehead atoms. The second-order valence-electron chi connectivity index (χ2n) is 4.87. The number of nitrogens with zero attached hydrogens (tertiary/aromatic N) is 2. The zero-order valence-electron chi connectivity index (χ0n) is 10.5. The maximum Gasteiger partial charge on any atom is 0.434 e. The highest BCUT2D eigenvalue weighted by molar-refractivity contribution is 9.08. The largest absolute Gasteiger partial charge is 0.434 e. The fraction of sp³-hybridized carbons (Fsp3) is 0.357. The number of hydrogen-bond donors (Lipinski definition) is 0. The summed E-state index contributed by atoms with van der Waals surface area (Å²) in [5, 5.41) is 0.739. The number of halogens is 4. The molecule has 0 spiro atoms. The summed E-state index contributed by atoms with van der Waals surface area (Å²) in [6.45, 7) is 0.566. The van der Waals surface area contributed by atoms with Crippen molar-refractivity contribution in [3.8, 4) is 11.4 Å². The van der Waals surface area contributed by atoms with Crippen LogP contribution in [-0.2, 0) is 24.5 Å². The van der Waals surface area contributed by atoms with E-state index in [-0.39, 0.29) is 0 Å². The van der Waals surface area contributed by atoms with Crippen molar-refractivity contribution >= 4 is 15.9 Å². The summed E-state index contributed by atoms with van der Waals surface area (Å²) in [7, 11) is 0. The highest BCUT2D eigenvalue weighted by Gasteiger charge is 2.35. The van der Waals surface area contributed by atoms with Crippen LogP contribution in [0.4, 0.5) is 13.2 Å². The number of benzene rings is 1. The van der Waals surface area contributed by atoms with E-state index in [1.165, 1.54) is 0 Å². The van der Waals surface area contributed by atoms with Gasteiger partial charge in [-0.05, 0) is 24.0 Å². The molecule has 0 amide bonds. The van der Waals surface area contributed by atoms with Crippen LogP contribution >= 0.6 is 15.9 Å². The van der Waals surface area contributed by atoms with Crippen LogP contribution in [0.5, 0.6) is 0 Å². The van der Waals surface area contributed by atoms with Crippen LogP contribution in [0.25, 0.3) is 11.4 Å². The van der Waals surface area contributed by atoms with Gasteiger partial charge in [-0.25, -0.2) is 4.98 Å². The van der Waals surface area contributed by atoms with Crippen LogP contribution in [0.1, 0.15) is 23.2 Å². The van der Waals surface area contributed by atoms with Gasteiger partial charge in [0.1, 0.15) is 5.82 Å².